The van der Waals surface area contributed by atoms with E-state index in [1.165, 1.54) is 0 Å². The summed E-state index contributed by atoms with van der Waals surface area (Å²) in [6.45, 7) is 3.33. The molecule has 1 fully saturated rings. The fourth-order valence-electron chi connectivity index (χ4n) is 3.54. The first-order valence-corrected chi connectivity index (χ1v) is 9.59. The Morgan fingerprint density at radius 3 is 2.75 bits per heavy atom. The second-order valence-electron chi connectivity index (χ2n) is 7.15. The third-order valence-corrected chi connectivity index (χ3v) is 5.11. The Balaban J connectivity index is 1.71. The van der Waals surface area contributed by atoms with Crippen LogP contribution >= 0.6 is 0 Å². The maximum Gasteiger partial charge on any atom is 0.252 e. The number of nitrogens with one attached hydrogen (secondary N) is 1. The maximum absolute atomic E-state index is 13.0. The summed E-state index contributed by atoms with van der Waals surface area (Å²) in [6, 6.07) is 15.6. The summed E-state index contributed by atoms with van der Waals surface area (Å²) in [6.07, 6.45) is 2.16. The number of methoxy groups -OCH3 is 1. The van der Waals surface area contributed by atoms with Gasteiger partial charge in [0, 0.05) is 24.1 Å². The van der Waals surface area contributed by atoms with Gasteiger partial charge in [0.05, 0.1) is 30.0 Å². The average Bonchev–Trinajstić information content (AvgIpc) is 3.25. The van der Waals surface area contributed by atoms with Crippen LogP contribution < -0.4 is 10.1 Å². The summed E-state index contributed by atoms with van der Waals surface area (Å²) in [5.41, 5.74) is 4.25. The number of fused-ring (bicyclic) bond motifs is 1. The van der Waals surface area contributed by atoms with Gasteiger partial charge in [0.1, 0.15) is 5.75 Å². The number of nitrogens with zero attached hydrogens (tertiary/aromatic N) is 1. The Kier molecular flexibility index (Phi) is 5.26. The van der Waals surface area contributed by atoms with Crippen LogP contribution in [0.15, 0.2) is 48.5 Å². The summed E-state index contributed by atoms with van der Waals surface area (Å²) < 4.78 is 10.9. The molecular weight excluding hydrogens is 352 g/mol. The molecular formula is C23H24N2O3. The molecule has 0 unspecified atom stereocenters. The number of aromatic nitrogens is 1. The standard InChI is InChI=1S/C23H24N2O3/c1-15-5-10-21-19(12-15)20(23(26)24-14-18-4-3-11-28-18)13-22(25-21)16-6-8-17(27-2)9-7-16/h5-10,12-13,18H,3-4,11,14H2,1-2H3,(H,24,26)/t18-/m0/s1. The lowest BCUT2D eigenvalue weighted by Gasteiger charge is -2.14. The number of hydrogen-bond donors (Lipinski definition) is 1. The van der Waals surface area contributed by atoms with Gasteiger partial charge in [-0.05, 0) is 62.2 Å². The normalized spacial score (nSPS) is 16.3. The largest absolute Gasteiger partial charge is 0.497 e. The molecule has 1 atom stereocenters. The van der Waals surface area contributed by atoms with Crippen molar-refractivity contribution in [3.05, 3.63) is 59.7 Å². The first kappa shape index (κ1) is 18.4. The van der Waals surface area contributed by atoms with E-state index in [1.54, 1.807) is 7.11 Å². The first-order valence-electron chi connectivity index (χ1n) is 9.59. The lowest BCUT2D eigenvalue weighted by molar-refractivity contribution is 0.0859. The number of pyridine rings is 1. The smallest absolute Gasteiger partial charge is 0.252 e. The van der Waals surface area contributed by atoms with E-state index in [2.05, 4.69) is 5.32 Å². The van der Waals surface area contributed by atoms with E-state index in [1.807, 2.05) is 55.5 Å². The number of carbonyl (C=O) groups is 1. The predicted molar refractivity (Wildman–Crippen MR) is 110 cm³/mol. The van der Waals surface area contributed by atoms with Gasteiger partial charge in [-0.3, -0.25) is 4.79 Å². The topological polar surface area (TPSA) is 60.5 Å². The summed E-state index contributed by atoms with van der Waals surface area (Å²) in [4.78, 5) is 17.8. The van der Waals surface area contributed by atoms with Gasteiger partial charge in [-0.15, -0.1) is 0 Å². The number of carbonyl (C=O) groups excluding carboxylic acids is 1. The summed E-state index contributed by atoms with van der Waals surface area (Å²) in [7, 11) is 1.64. The van der Waals surface area contributed by atoms with Gasteiger partial charge in [0.25, 0.3) is 5.91 Å². The minimum atomic E-state index is -0.0942. The highest BCUT2D eigenvalue weighted by Crippen LogP contribution is 2.27. The third kappa shape index (κ3) is 3.85. The summed E-state index contributed by atoms with van der Waals surface area (Å²) in [5, 5.41) is 3.90. The fourth-order valence-corrected chi connectivity index (χ4v) is 3.54. The lowest BCUT2D eigenvalue weighted by atomic mass is 10.0. The van der Waals surface area contributed by atoms with Crippen LogP contribution in [0.1, 0.15) is 28.8 Å². The second kappa shape index (κ2) is 7.98. The highest BCUT2D eigenvalue weighted by molar-refractivity contribution is 6.07. The van der Waals surface area contributed by atoms with Gasteiger partial charge < -0.3 is 14.8 Å². The molecule has 5 heteroatoms. The molecule has 1 aliphatic heterocycles. The molecule has 1 saturated heterocycles. The number of hydrogen-bond acceptors (Lipinski definition) is 4. The molecule has 0 bridgehead atoms. The fraction of sp³-hybridized carbons (Fsp3) is 0.304. The van der Waals surface area contributed by atoms with Crippen LogP contribution in [-0.2, 0) is 4.74 Å². The van der Waals surface area contributed by atoms with Crippen molar-refractivity contribution in [1.82, 2.24) is 10.3 Å². The highest BCUT2D eigenvalue weighted by Gasteiger charge is 2.19. The highest BCUT2D eigenvalue weighted by atomic mass is 16.5. The van der Waals surface area contributed by atoms with Crippen molar-refractivity contribution in [3.63, 3.8) is 0 Å². The average molecular weight is 376 g/mol. The van der Waals surface area contributed by atoms with Crippen molar-refractivity contribution in [2.75, 3.05) is 20.3 Å². The molecule has 5 nitrogen and oxygen atoms in total. The molecule has 2 heterocycles. The van der Waals surface area contributed by atoms with Crippen LogP contribution in [0, 0.1) is 6.92 Å². The van der Waals surface area contributed by atoms with Gasteiger partial charge >= 0.3 is 0 Å². The number of benzene rings is 2. The van der Waals surface area contributed by atoms with Crippen LogP contribution in [0.3, 0.4) is 0 Å². The van der Waals surface area contributed by atoms with E-state index in [0.717, 1.165) is 52.9 Å². The number of amides is 1. The van der Waals surface area contributed by atoms with E-state index in [0.29, 0.717) is 12.1 Å². The van der Waals surface area contributed by atoms with E-state index in [-0.39, 0.29) is 12.0 Å². The molecule has 4 rings (SSSR count). The zero-order valence-corrected chi connectivity index (χ0v) is 16.2. The molecule has 0 spiro atoms. The molecule has 3 aromatic rings. The van der Waals surface area contributed by atoms with Crippen LogP contribution in [0.2, 0.25) is 0 Å². The van der Waals surface area contributed by atoms with Crippen molar-refractivity contribution in [1.29, 1.82) is 0 Å². The minimum absolute atomic E-state index is 0.0942. The van der Waals surface area contributed by atoms with Crippen LogP contribution in [0.5, 0.6) is 5.75 Å². The summed E-state index contributed by atoms with van der Waals surface area (Å²) in [5.74, 6) is 0.693. The molecule has 28 heavy (non-hydrogen) atoms. The quantitative estimate of drug-likeness (QED) is 0.727. The maximum atomic E-state index is 13.0. The molecule has 1 aromatic heterocycles. The summed E-state index contributed by atoms with van der Waals surface area (Å²) >= 11 is 0. The van der Waals surface area contributed by atoms with Gasteiger partial charge in [-0.25, -0.2) is 4.98 Å². The molecule has 1 aliphatic rings. The van der Waals surface area contributed by atoms with Gasteiger partial charge in [0.15, 0.2) is 0 Å². The Morgan fingerprint density at radius 1 is 1.21 bits per heavy atom. The molecule has 0 aliphatic carbocycles. The monoisotopic (exact) mass is 376 g/mol. The van der Waals surface area contributed by atoms with Gasteiger partial charge in [-0.1, -0.05) is 11.6 Å². The minimum Gasteiger partial charge on any atom is -0.497 e. The van der Waals surface area contributed by atoms with E-state index < -0.39 is 0 Å². The van der Waals surface area contributed by atoms with Crippen molar-refractivity contribution < 1.29 is 14.3 Å². The molecule has 144 valence electrons. The zero-order chi connectivity index (χ0) is 19.5. The van der Waals surface area contributed by atoms with Crippen LogP contribution in [-0.4, -0.2) is 37.3 Å². The zero-order valence-electron chi connectivity index (χ0n) is 16.2. The van der Waals surface area contributed by atoms with E-state index in [9.17, 15) is 4.79 Å². The Labute approximate surface area is 164 Å². The molecule has 1 amide bonds. The second-order valence-corrected chi connectivity index (χ2v) is 7.15. The van der Waals surface area contributed by atoms with E-state index in [4.69, 9.17) is 14.5 Å². The molecule has 1 N–H and O–H groups in total. The molecule has 0 saturated carbocycles. The predicted octanol–water partition coefficient (Wildman–Crippen LogP) is 4.13. The van der Waals surface area contributed by atoms with Crippen molar-refractivity contribution in [3.8, 4) is 17.0 Å². The lowest BCUT2D eigenvalue weighted by Crippen LogP contribution is -2.32. The Morgan fingerprint density at radius 2 is 2.04 bits per heavy atom. The van der Waals surface area contributed by atoms with E-state index >= 15 is 0 Å². The number of ether oxygens (including phenoxy) is 2. The van der Waals surface area contributed by atoms with Crippen molar-refractivity contribution in [2.45, 2.75) is 25.9 Å². The van der Waals surface area contributed by atoms with Crippen LogP contribution in [0.4, 0.5) is 0 Å². The number of aryl methyl sites for hydroxylation is 1. The van der Waals surface area contributed by atoms with Crippen molar-refractivity contribution >= 4 is 16.8 Å². The third-order valence-electron chi connectivity index (χ3n) is 5.11. The first-order chi connectivity index (χ1) is 13.6. The Bertz CT molecular complexity index is 993. The molecule has 2 aromatic carbocycles. The van der Waals surface area contributed by atoms with Crippen molar-refractivity contribution in [2.24, 2.45) is 0 Å². The number of rotatable bonds is 5. The van der Waals surface area contributed by atoms with Gasteiger partial charge in [-0.2, -0.15) is 0 Å². The van der Waals surface area contributed by atoms with Crippen LogP contribution in [0.25, 0.3) is 22.2 Å². The SMILES string of the molecule is COc1ccc(-c2cc(C(=O)NC[C@@H]3CCCO3)c3cc(C)ccc3n2)cc1. The molecule has 0 radical (unpaired) electrons. The Hall–Kier alpha value is -2.92. The van der Waals surface area contributed by atoms with Gasteiger partial charge in [0.2, 0.25) is 0 Å².